The van der Waals surface area contributed by atoms with Crippen molar-refractivity contribution in [1.29, 1.82) is 0 Å². The first kappa shape index (κ1) is 10.7. The van der Waals surface area contributed by atoms with Crippen molar-refractivity contribution < 1.29 is 18.3 Å². The predicted molar refractivity (Wildman–Crippen MR) is 35.2 cm³/mol. The molecule has 0 spiro atoms. The van der Waals surface area contributed by atoms with Gasteiger partial charge in [-0.1, -0.05) is 0 Å². The summed E-state index contributed by atoms with van der Waals surface area (Å²) in [6, 6.07) is 0. The second-order valence-electron chi connectivity index (χ2n) is 2.37. The van der Waals surface area contributed by atoms with Crippen molar-refractivity contribution in [2.24, 2.45) is 0 Å². The summed E-state index contributed by atoms with van der Waals surface area (Å²) in [7, 11) is 1.58. The van der Waals surface area contributed by atoms with Crippen LogP contribution in [0.2, 0.25) is 0 Å². The molecular weight excluding hydrogens is 159 g/mol. The van der Waals surface area contributed by atoms with Crippen LogP contribution in [0, 0.1) is 0 Å². The lowest BCUT2D eigenvalue weighted by Crippen LogP contribution is -2.25. The lowest BCUT2D eigenvalue weighted by atomic mass is 10.2. The topological polar surface area (TPSA) is 32.3 Å². The number of halogens is 3. The van der Waals surface area contributed by atoms with Gasteiger partial charge in [-0.2, -0.15) is 13.2 Å². The Morgan fingerprint density at radius 1 is 1.45 bits per heavy atom. The molecule has 2 N–H and O–H groups in total. The predicted octanol–water partition coefficient (Wildman–Crippen LogP) is 0.909. The largest absolute Gasteiger partial charge is 0.392 e. The van der Waals surface area contributed by atoms with Gasteiger partial charge in [-0.05, 0) is 13.5 Å². The first-order valence-electron chi connectivity index (χ1n) is 3.35. The number of aliphatic hydroxyl groups excluding tert-OH is 1. The fourth-order valence-corrected chi connectivity index (χ4v) is 0.668. The summed E-state index contributed by atoms with van der Waals surface area (Å²) in [5.41, 5.74) is 0. The number of alkyl halides is 3. The monoisotopic (exact) mass is 171 g/mol. The molecule has 2 nitrogen and oxygen atoms in total. The minimum atomic E-state index is -4.16. The molecule has 1 unspecified atom stereocenters. The summed E-state index contributed by atoms with van der Waals surface area (Å²) >= 11 is 0. The lowest BCUT2D eigenvalue weighted by Gasteiger charge is -2.10. The van der Waals surface area contributed by atoms with Crippen LogP contribution in [0.5, 0.6) is 0 Å². The summed E-state index contributed by atoms with van der Waals surface area (Å²) in [5, 5.41) is 11.4. The second kappa shape index (κ2) is 4.56. The Morgan fingerprint density at radius 3 is 2.36 bits per heavy atom. The van der Waals surface area contributed by atoms with Crippen molar-refractivity contribution in [2.75, 3.05) is 13.6 Å². The van der Waals surface area contributed by atoms with Gasteiger partial charge < -0.3 is 10.4 Å². The molecule has 0 rings (SSSR count). The molecule has 0 radical (unpaired) electrons. The molecule has 0 aromatic heterocycles. The van der Waals surface area contributed by atoms with Crippen LogP contribution in [0.4, 0.5) is 13.2 Å². The Labute approximate surface area is 63.4 Å². The Balaban J connectivity index is 3.38. The third kappa shape index (κ3) is 7.61. The summed E-state index contributed by atoms with van der Waals surface area (Å²) in [6.45, 7) is 0.204. The minimum Gasteiger partial charge on any atom is -0.392 e. The molecule has 0 aliphatic heterocycles. The molecule has 0 bridgehead atoms. The second-order valence-corrected chi connectivity index (χ2v) is 2.37. The first-order chi connectivity index (χ1) is 4.95. The zero-order valence-electron chi connectivity index (χ0n) is 6.28. The van der Waals surface area contributed by atoms with Gasteiger partial charge in [0.2, 0.25) is 0 Å². The van der Waals surface area contributed by atoms with E-state index in [0.717, 1.165) is 0 Å². The first-order valence-corrected chi connectivity index (χ1v) is 3.35. The Bertz CT molecular complexity index is 104. The Hall–Kier alpha value is -0.290. The molecule has 0 fully saturated rings. The molecule has 68 valence electrons. The standard InChI is InChI=1S/C6H12F3NO/c1-10-4-5(11)2-3-6(7,8)9/h5,10-11H,2-4H2,1H3. The molecule has 0 aromatic carbocycles. The van der Waals surface area contributed by atoms with Crippen LogP contribution in [0.1, 0.15) is 12.8 Å². The van der Waals surface area contributed by atoms with Crippen LogP contribution in [-0.2, 0) is 0 Å². The molecular formula is C6H12F3NO. The van der Waals surface area contributed by atoms with Gasteiger partial charge in [0.1, 0.15) is 0 Å². The van der Waals surface area contributed by atoms with Gasteiger partial charge >= 0.3 is 6.18 Å². The molecule has 0 saturated carbocycles. The van der Waals surface area contributed by atoms with Gasteiger partial charge in [0.25, 0.3) is 0 Å². The van der Waals surface area contributed by atoms with E-state index in [2.05, 4.69) is 5.32 Å². The number of likely N-dealkylation sites (N-methyl/N-ethyl adjacent to an activating group) is 1. The van der Waals surface area contributed by atoms with Crippen molar-refractivity contribution >= 4 is 0 Å². The molecule has 0 heterocycles. The quantitative estimate of drug-likeness (QED) is 0.659. The van der Waals surface area contributed by atoms with E-state index in [0.29, 0.717) is 0 Å². The molecule has 1 atom stereocenters. The van der Waals surface area contributed by atoms with Gasteiger partial charge in [0, 0.05) is 13.0 Å². The van der Waals surface area contributed by atoms with Gasteiger partial charge in [-0.25, -0.2) is 0 Å². The van der Waals surface area contributed by atoms with Crippen molar-refractivity contribution in [1.82, 2.24) is 5.32 Å². The van der Waals surface area contributed by atoms with E-state index in [1.165, 1.54) is 0 Å². The number of aliphatic hydroxyl groups is 1. The number of hydrogen-bond donors (Lipinski definition) is 2. The van der Waals surface area contributed by atoms with Crippen LogP contribution in [0.25, 0.3) is 0 Å². The highest BCUT2D eigenvalue weighted by molar-refractivity contribution is 4.60. The molecule has 0 saturated heterocycles. The fourth-order valence-electron chi connectivity index (χ4n) is 0.668. The maximum atomic E-state index is 11.5. The van der Waals surface area contributed by atoms with Crippen LogP contribution < -0.4 is 5.32 Å². The molecule has 5 heteroatoms. The van der Waals surface area contributed by atoms with E-state index in [4.69, 9.17) is 5.11 Å². The maximum absolute atomic E-state index is 11.5. The fraction of sp³-hybridized carbons (Fsp3) is 1.00. The van der Waals surface area contributed by atoms with E-state index in [-0.39, 0.29) is 13.0 Å². The smallest absolute Gasteiger partial charge is 0.389 e. The number of nitrogens with one attached hydrogen (secondary N) is 1. The number of rotatable bonds is 4. The summed E-state index contributed by atoms with van der Waals surface area (Å²) < 4.78 is 34.6. The highest BCUT2D eigenvalue weighted by atomic mass is 19.4. The molecule has 11 heavy (non-hydrogen) atoms. The average molecular weight is 171 g/mol. The highest BCUT2D eigenvalue weighted by Crippen LogP contribution is 2.21. The van der Waals surface area contributed by atoms with Gasteiger partial charge in [0.05, 0.1) is 6.10 Å². The van der Waals surface area contributed by atoms with Crippen molar-refractivity contribution in [3.8, 4) is 0 Å². The van der Waals surface area contributed by atoms with Gasteiger partial charge in [0.15, 0.2) is 0 Å². The highest BCUT2D eigenvalue weighted by Gasteiger charge is 2.27. The van der Waals surface area contributed by atoms with Crippen molar-refractivity contribution in [2.45, 2.75) is 25.1 Å². The molecule has 0 aromatic rings. The van der Waals surface area contributed by atoms with Crippen molar-refractivity contribution in [3.05, 3.63) is 0 Å². The Morgan fingerprint density at radius 2 is 2.00 bits per heavy atom. The lowest BCUT2D eigenvalue weighted by molar-refractivity contribution is -0.139. The zero-order valence-corrected chi connectivity index (χ0v) is 6.28. The Kier molecular flexibility index (Phi) is 4.44. The van der Waals surface area contributed by atoms with Gasteiger partial charge in [-0.15, -0.1) is 0 Å². The summed E-state index contributed by atoms with van der Waals surface area (Å²) in [5.74, 6) is 0. The molecule has 0 amide bonds. The SMILES string of the molecule is CNCC(O)CCC(F)(F)F. The molecule has 0 aliphatic rings. The van der Waals surface area contributed by atoms with E-state index in [1.54, 1.807) is 7.05 Å². The summed E-state index contributed by atoms with van der Waals surface area (Å²) in [6.07, 6.45) is -6.21. The molecule has 0 aliphatic carbocycles. The van der Waals surface area contributed by atoms with Crippen LogP contribution >= 0.6 is 0 Å². The van der Waals surface area contributed by atoms with Crippen LogP contribution in [-0.4, -0.2) is 31.0 Å². The third-order valence-corrected chi connectivity index (χ3v) is 1.20. The minimum absolute atomic E-state index is 0.204. The van der Waals surface area contributed by atoms with Crippen molar-refractivity contribution in [3.63, 3.8) is 0 Å². The summed E-state index contributed by atoms with van der Waals surface area (Å²) in [4.78, 5) is 0. The zero-order chi connectivity index (χ0) is 8.91. The normalized spacial score (nSPS) is 15.0. The van der Waals surface area contributed by atoms with E-state index >= 15 is 0 Å². The van der Waals surface area contributed by atoms with E-state index in [1.807, 2.05) is 0 Å². The number of hydrogen-bond acceptors (Lipinski definition) is 2. The van der Waals surface area contributed by atoms with Crippen LogP contribution in [0.15, 0.2) is 0 Å². The van der Waals surface area contributed by atoms with Gasteiger partial charge in [-0.3, -0.25) is 0 Å². The third-order valence-electron chi connectivity index (χ3n) is 1.20. The van der Waals surface area contributed by atoms with Crippen LogP contribution in [0.3, 0.4) is 0 Å². The maximum Gasteiger partial charge on any atom is 0.389 e. The van der Waals surface area contributed by atoms with E-state index < -0.39 is 18.7 Å². The van der Waals surface area contributed by atoms with E-state index in [9.17, 15) is 13.2 Å². The average Bonchev–Trinajstić information content (AvgIpc) is 1.83.